The van der Waals surface area contributed by atoms with Gasteiger partial charge in [-0.2, -0.15) is 0 Å². The molecule has 0 saturated heterocycles. The predicted molar refractivity (Wildman–Crippen MR) is 79.7 cm³/mol. The maximum absolute atomic E-state index is 4.44. The lowest BCUT2D eigenvalue weighted by Gasteiger charge is -2.14. The number of aromatic amines is 1. The van der Waals surface area contributed by atoms with Crippen LogP contribution in [0.5, 0.6) is 0 Å². The Balaban J connectivity index is 1.67. The number of benzene rings is 1. The van der Waals surface area contributed by atoms with E-state index in [-0.39, 0.29) is 0 Å². The van der Waals surface area contributed by atoms with E-state index in [4.69, 9.17) is 0 Å². The Morgan fingerprint density at radius 1 is 1.42 bits per heavy atom. The largest absolute Gasteiger partial charge is 0.361 e. The third-order valence-electron chi connectivity index (χ3n) is 3.75. The van der Waals surface area contributed by atoms with E-state index in [0.29, 0.717) is 0 Å². The number of fused-ring (bicyclic) bond motifs is 1. The fourth-order valence-electron chi connectivity index (χ4n) is 2.60. The van der Waals surface area contributed by atoms with Crippen molar-refractivity contribution < 1.29 is 0 Å². The van der Waals surface area contributed by atoms with Gasteiger partial charge in [-0.1, -0.05) is 18.2 Å². The van der Waals surface area contributed by atoms with Crippen LogP contribution in [0.15, 0.2) is 29.4 Å². The number of aromatic nitrogens is 1. The second kappa shape index (κ2) is 4.96. The van der Waals surface area contributed by atoms with Crippen LogP contribution in [0.1, 0.15) is 11.1 Å². The topological polar surface area (TPSA) is 43.4 Å². The molecule has 100 valence electrons. The third-order valence-corrected chi connectivity index (χ3v) is 3.75. The van der Waals surface area contributed by atoms with E-state index in [0.717, 1.165) is 32.0 Å². The zero-order chi connectivity index (χ0) is 13.2. The number of nitrogens with one attached hydrogen (secondary N) is 2. The summed E-state index contributed by atoms with van der Waals surface area (Å²) >= 11 is 0. The van der Waals surface area contributed by atoms with Gasteiger partial charge in [0.15, 0.2) is 5.96 Å². The number of H-pyrrole nitrogens is 1. The summed E-state index contributed by atoms with van der Waals surface area (Å²) in [5.74, 6) is 1.02. The smallest absolute Gasteiger partial charge is 0.193 e. The molecule has 0 bridgehead atoms. The molecule has 2 N–H and O–H groups in total. The summed E-state index contributed by atoms with van der Waals surface area (Å²) in [5, 5.41) is 4.75. The van der Waals surface area contributed by atoms with E-state index in [1.807, 2.05) is 0 Å². The van der Waals surface area contributed by atoms with Crippen molar-refractivity contribution in [2.24, 2.45) is 4.99 Å². The van der Waals surface area contributed by atoms with Gasteiger partial charge in [-0.05, 0) is 24.5 Å². The van der Waals surface area contributed by atoms with Gasteiger partial charge < -0.3 is 15.2 Å². The molecule has 0 amide bonds. The minimum atomic E-state index is 0.908. The van der Waals surface area contributed by atoms with Gasteiger partial charge in [0.2, 0.25) is 0 Å². The second-order valence-electron chi connectivity index (χ2n) is 5.12. The number of hydrogen-bond donors (Lipinski definition) is 2. The molecule has 3 rings (SSSR count). The molecule has 1 aliphatic heterocycles. The highest BCUT2D eigenvalue weighted by Gasteiger charge is 2.11. The number of aliphatic imine (C=N–C) groups is 1. The third kappa shape index (κ3) is 2.30. The number of hydrogen-bond acceptors (Lipinski definition) is 3. The van der Waals surface area contributed by atoms with E-state index in [9.17, 15) is 0 Å². The van der Waals surface area contributed by atoms with E-state index in [2.05, 4.69) is 58.6 Å². The first-order valence-electron chi connectivity index (χ1n) is 6.81. The summed E-state index contributed by atoms with van der Waals surface area (Å²) < 4.78 is 0. The van der Waals surface area contributed by atoms with Crippen LogP contribution in [0, 0.1) is 6.92 Å². The fraction of sp³-hybridized carbons (Fsp3) is 0.400. The van der Waals surface area contributed by atoms with Gasteiger partial charge in [0, 0.05) is 37.2 Å². The summed E-state index contributed by atoms with van der Waals surface area (Å²) in [6.45, 7) is 4.99. The average molecular weight is 256 g/mol. The van der Waals surface area contributed by atoms with Crippen LogP contribution in [0.3, 0.4) is 0 Å². The van der Waals surface area contributed by atoms with Gasteiger partial charge in [0.25, 0.3) is 0 Å². The standard InChI is InChI=1S/C15H20N4/c1-11-4-3-5-13-12(10-18-14(11)13)6-7-16-15-17-8-9-19(15)2/h3-5,10,18H,6-9H2,1-2H3,(H,16,17). The number of rotatable bonds is 3. The zero-order valence-electron chi connectivity index (χ0n) is 11.5. The summed E-state index contributed by atoms with van der Waals surface area (Å²) in [4.78, 5) is 9.98. The lowest BCUT2D eigenvalue weighted by molar-refractivity contribution is 0.534. The molecule has 0 unspecified atom stereocenters. The second-order valence-corrected chi connectivity index (χ2v) is 5.12. The first-order chi connectivity index (χ1) is 9.25. The first-order valence-corrected chi connectivity index (χ1v) is 6.81. The minimum absolute atomic E-state index is 0.908. The molecule has 0 atom stereocenters. The molecule has 2 aromatic rings. The van der Waals surface area contributed by atoms with Gasteiger partial charge in [0.05, 0.1) is 6.54 Å². The predicted octanol–water partition coefficient (Wildman–Crippen LogP) is 1.91. The normalized spacial score (nSPS) is 15.1. The van der Waals surface area contributed by atoms with Crippen LogP contribution in [0.4, 0.5) is 0 Å². The molecule has 0 aliphatic carbocycles. The molecule has 2 heterocycles. The van der Waals surface area contributed by atoms with E-state index < -0.39 is 0 Å². The molecule has 4 heteroatoms. The number of para-hydroxylation sites is 1. The Morgan fingerprint density at radius 2 is 2.32 bits per heavy atom. The molecule has 0 spiro atoms. The molecular weight excluding hydrogens is 236 g/mol. The quantitative estimate of drug-likeness (QED) is 0.881. The van der Waals surface area contributed by atoms with Gasteiger partial charge in [0.1, 0.15) is 0 Å². The SMILES string of the molecule is Cc1cccc2c(CCNC3=NCCN3C)c[nH]c12. The van der Waals surface area contributed by atoms with Crippen molar-refractivity contribution in [1.29, 1.82) is 0 Å². The van der Waals surface area contributed by atoms with E-state index >= 15 is 0 Å². The summed E-state index contributed by atoms with van der Waals surface area (Å²) in [6.07, 6.45) is 3.13. The lowest BCUT2D eigenvalue weighted by Crippen LogP contribution is -2.36. The maximum Gasteiger partial charge on any atom is 0.193 e. The average Bonchev–Trinajstić information content (AvgIpc) is 2.98. The van der Waals surface area contributed by atoms with E-state index in [1.54, 1.807) is 0 Å². The van der Waals surface area contributed by atoms with Crippen LogP contribution >= 0.6 is 0 Å². The summed E-state index contributed by atoms with van der Waals surface area (Å²) in [6, 6.07) is 6.45. The van der Waals surface area contributed by atoms with Crippen LogP contribution in [-0.2, 0) is 6.42 Å². The molecule has 0 radical (unpaired) electrons. The van der Waals surface area contributed by atoms with Crippen LogP contribution in [-0.4, -0.2) is 42.5 Å². The van der Waals surface area contributed by atoms with Crippen LogP contribution in [0.25, 0.3) is 10.9 Å². The number of likely N-dealkylation sites (N-methyl/N-ethyl adjacent to an activating group) is 1. The van der Waals surface area contributed by atoms with Crippen LogP contribution < -0.4 is 5.32 Å². The van der Waals surface area contributed by atoms with Crippen molar-refractivity contribution in [2.45, 2.75) is 13.3 Å². The number of guanidine groups is 1. The summed E-state index contributed by atoms with van der Waals surface area (Å²) in [7, 11) is 2.08. The van der Waals surface area contributed by atoms with Gasteiger partial charge >= 0.3 is 0 Å². The summed E-state index contributed by atoms with van der Waals surface area (Å²) in [5.41, 5.74) is 3.93. The maximum atomic E-state index is 4.44. The molecule has 1 aliphatic rings. The van der Waals surface area contributed by atoms with Gasteiger partial charge in [-0.3, -0.25) is 4.99 Å². The highest BCUT2D eigenvalue weighted by Crippen LogP contribution is 2.21. The first kappa shape index (κ1) is 12.1. The molecular formula is C15H20N4. The molecule has 19 heavy (non-hydrogen) atoms. The molecule has 1 aromatic carbocycles. The molecule has 1 aromatic heterocycles. The van der Waals surface area contributed by atoms with Gasteiger partial charge in [-0.15, -0.1) is 0 Å². The minimum Gasteiger partial charge on any atom is -0.361 e. The molecule has 0 fully saturated rings. The number of nitrogens with zero attached hydrogens (tertiary/aromatic N) is 2. The number of aryl methyl sites for hydroxylation is 1. The van der Waals surface area contributed by atoms with Crippen molar-refractivity contribution in [3.05, 3.63) is 35.5 Å². The van der Waals surface area contributed by atoms with E-state index in [1.165, 1.54) is 22.0 Å². The molecule has 4 nitrogen and oxygen atoms in total. The monoisotopic (exact) mass is 256 g/mol. The van der Waals surface area contributed by atoms with Gasteiger partial charge in [-0.25, -0.2) is 0 Å². The van der Waals surface area contributed by atoms with Crippen molar-refractivity contribution in [1.82, 2.24) is 15.2 Å². The van der Waals surface area contributed by atoms with Crippen molar-refractivity contribution >= 4 is 16.9 Å². The molecule has 0 saturated carbocycles. The Labute approximate surface area is 113 Å². The lowest BCUT2D eigenvalue weighted by atomic mass is 10.1. The Morgan fingerprint density at radius 3 is 3.11 bits per heavy atom. The Bertz CT molecular complexity index is 612. The van der Waals surface area contributed by atoms with Crippen molar-refractivity contribution in [3.8, 4) is 0 Å². The zero-order valence-corrected chi connectivity index (χ0v) is 11.5. The van der Waals surface area contributed by atoms with Crippen LogP contribution in [0.2, 0.25) is 0 Å². The van der Waals surface area contributed by atoms with Crippen molar-refractivity contribution in [2.75, 3.05) is 26.7 Å². The highest BCUT2D eigenvalue weighted by molar-refractivity contribution is 5.86. The van der Waals surface area contributed by atoms with Crippen molar-refractivity contribution in [3.63, 3.8) is 0 Å². The highest BCUT2D eigenvalue weighted by atomic mass is 15.3. The Hall–Kier alpha value is -1.97. The fourth-order valence-corrected chi connectivity index (χ4v) is 2.60. The Kier molecular flexibility index (Phi) is 3.15.